The second kappa shape index (κ2) is 8.15. The predicted molar refractivity (Wildman–Crippen MR) is 142 cm³/mol. The van der Waals surface area contributed by atoms with Gasteiger partial charge in [-0.15, -0.1) is 0 Å². The predicted octanol–water partition coefficient (Wildman–Crippen LogP) is 3.68. The summed E-state index contributed by atoms with van der Waals surface area (Å²) in [5.74, 6) is 1.15. The highest BCUT2D eigenvalue weighted by molar-refractivity contribution is 5.92. The SMILES string of the molecule is c1cc2c3c(cccc3c1)C1(CCc3c(nc(OC[C@@H]4CCCN4)nc3N3C[C@H]4CC[C@@H](C3)N4)C1)C2. The van der Waals surface area contributed by atoms with Gasteiger partial charge in [0.05, 0.1) is 5.69 Å². The smallest absolute Gasteiger partial charge is 0.318 e. The Morgan fingerprint density at radius 2 is 1.86 bits per heavy atom. The first kappa shape index (κ1) is 21.4. The molecule has 1 spiro atoms. The Labute approximate surface area is 212 Å². The van der Waals surface area contributed by atoms with Crippen LogP contribution in [0.3, 0.4) is 0 Å². The van der Waals surface area contributed by atoms with E-state index in [4.69, 9.17) is 14.7 Å². The van der Waals surface area contributed by atoms with Crippen molar-refractivity contribution in [2.45, 2.75) is 74.9 Å². The van der Waals surface area contributed by atoms with Gasteiger partial charge in [0, 0.05) is 48.6 Å². The number of piperazine rings is 1. The maximum absolute atomic E-state index is 6.30. The summed E-state index contributed by atoms with van der Waals surface area (Å²) in [4.78, 5) is 12.8. The van der Waals surface area contributed by atoms with Crippen molar-refractivity contribution >= 4 is 16.6 Å². The number of nitrogens with one attached hydrogen (secondary N) is 2. The third kappa shape index (κ3) is 3.37. The van der Waals surface area contributed by atoms with Gasteiger partial charge in [-0.2, -0.15) is 9.97 Å². The van der Waals surface area contributed by atoms with Crippen molar-refractivity contribution in [3.63, 3.8) is 0 Å². The molecule has 8 rings (SSSR count). The number of rotatable bonds is 4. The summed E-state index contributed by atoms with van der Waals surface area (Å²) in [6.45, 7) is 3.82. The fourth-order valence-corrected chi connectivity index (χ4v) is 7.89. The lowest BCUT2D eigenvalue weighted by molar-refractivity contribution is 0.254. The zero-order valence-electron chi connectivity index (χ0n) is 20.9. The van der Waals surface area contributed by atoms with Crippen molar-refractivity contribution in [3.05, 3.63) is 58.8 Å². The molecule has 186 valence electrons. The van der Waals surface area contributed by atoms with E-state index in [2.05, 4.69) is 51.9 Å². The highest BCUT2D eigenvalue weighted by atomic mass is 16.5. The summed E-state index contributed by atoms with van der Waals surface area (Å²) >= 11 is 0. The van der Waals surface area contributed by atoms with Crippen LogP contribution in [0.2, 0.25) is 0 Å². The quantitative estimate of drug-likeness (QED) is 0.593. The number of ether oxygens (including phenoxy) is 1. The summed E-state index contributed by atoms with van der Waals surface area (Å²) < 4.78 is 6.30. The first-order valence-corrected chi connectivity index (χ1v) is 14.0. The molecule has 2 N–H and O–H groups in total. The van der Waals surface area contributed by atoms with Crippen LogP contribution >= 0.6 is 0 Å². The fraction of sp³-hybridized carbons (Fsp3) is 0.533. The van der Waals surface area contributed by atoms with E-state index in [1.54, 1.807) is 0 Å². The molecule has 0 amide bonds. The van der Waals surface area contributed by atoms with Gasteiger partial charge in [-0.05, 0) is 73.4 Å². The van der Waals surface area contributed by atoms with Crippen LogP contribution in [0.25, 0.3) is 10.8 Å². The number of aromatic nitrogens is 2. The first-order valence-electron chi connectivity index (χ1n) is 14.0. The van der Waals surface area contributed by atoms with Crippen molar-refractivity contribution in [2.24, 2.45) is 0 Å². The molecule has 4 heterocycles. The maximum atomic E-state index is 6.30. The van der Waals surface area contributed by atoms with Crippen LogP contribution in [-0.4, -0.2) is 54.3 Å². The number of nitrogens with zero attached hydrogens (tertiary/aromatic N) is 3. The fourth-order valence-electron chi connectivity index (χ4n) is 7.89. The van der Waals surface area contributed by atoms with Gasteiger partial charge >= 0.3 is 6.01 Å². The molecule has 3 aliphatic heterocycles. The monoisotopic (exact) mass is 481 g/mol. The Bertz CT molecular complexity index is 1320. The summed E-state index contributed by atoms with van der Waals surface area (Å²) in [6.07, 6.45) is 9.24. The van der Waals surface area contributed by atoms with Gasteiger partial charge in [-0.25, -0.2) is 0 Å². The van der Waals surface area contributed by atoms with Crippen LogP contribution < -0.4 is 20.3 Å². The normalized spacial score (nSPS) is 30.3. The molecule has 5 aliphatic rings. The van der Waals surface area contributed by atoms with Gasteiger partial charge in [0.15, 0.2) is 0 Å². The number of anilines is 1. The van der Waals surface area contributed by atoms with E-state index in [-0.39, 0.29) is 5.41 Å². The molecule has 3 aromatic rings. The van der Waals surface area contributed by atoms with Gasteiger partial charge in [0.25, 0.3) is 0 Å². The molecule has 0 radical (unpaired) electrons. The molecule has 2 bridgehead atoms. The molecule has 4 atom stereocenters. The standard InChI is InChI=1S/C30H35N5O/c1-4-19-5-2-8-25-27(19)20(6-1)14-30(25)12-11-24-26(15-30)33-29(36-18-23-7-3-13-31-23)34-28(24)35-16-21-9-10-22(17-35)32-21/h1-2,4-6,8,21-23,31-32H,3,7,9-18H2/t21-,22+,23-,30?/m0/s1. The molecule has 0 saturated carbocycles. The van der Waals surface area contributed by atoms with Crippen molar-refractivity contribution < 1.29 is 4.74 Å². The highest BCUT2D eigenvalue weighted by Gasteiger charge is 2.44. The van der Waals surface area contributed by atoms with Crippen molar-refractivity contribution in [3.8, 4) is 6.01 Å². The Kier molecular flexibility index (Phi) is 4.84. The second-order valence-corrected chi connectivity index (χ2v) is 11.9. The second-order valence-electron chi connectivity index (χ2n) is 11.9. The Balaban J connectivity index is 1.18. The molecule has 1 aromatic heterocycles. The molecular weight excluding hydrogens is 446 g/mol. The van der Waals surface area contributed by atoms with Gasteiger partial charge in [0.2, 0.25) is 0 Å². The van der Waals surface area contributed by atoms with E-state index >= 15 is 0 Å². The van der Waals surface area contributed by atoms with Crippen molar-refractivity contribution in [2.75, 3.05) is 31.1 Å². The van der Waals surface area contributed by atoms with E-state index in [9.17, 15) is 0 Å². The minimum Gasteiger partial charge on any atom is -0.462 e. The molecule has 2 aromatic carbocycles. The zero-order chi connectivity index (χ0) is 23.7. The Morgan fingerprint density at radius 1 is 1.00 bits per heavy atom. The van der Waals surface area contributed by atoms with E-state index < -0.39 is 0 Å². The van der Waals surface area contributed by atoms with Crippen LogP contribution in [0.1, 0.15) is 54.5 Å². The van der Waals surface area contributed by atoms with Crippen molar-refractivity contribution in [1.82, 2.24) is 20.6 Å². The Hall–Kier alpha value is -2.70. The lowest BCUT2D eigenvalue weighted by atomic mass is 9.69. The third-order valence-electron chi connectivity index (χ3n) is 9.59. The van der Waals surface area contributed by atoms with Crippen molar-refractivity contribution in [1.29, 1.82) is 0 Å². The molecule has 2 aliphatic carbocycles. The van der Waals surface area contributed by atoms with Crippen LogP contribution in [0.4, 0.5) is 5.82 Å². The largest absolute Gasteiger partial charge is 0.462 e. The molecule has 3 saturated heterocycles. The molecule has 3 fully saturated rings. The summed E-state index contributed by atoms with van der Waals surface area (Å²) in [7, 11) is 0. The lowest BCUT2D eigenvalue weighted by Crippen LogP contribution is -2.52. The minimum atomic E-state index is 0.134. The van der Waals surface area contributed by atoms with Gasteiger partial charge in [-0.3, -0.25) is 0 Å². The number of benzene rings is 2. The van der Waals surface area contributed by atoms with Crippen LogP contribution in [0, 0.1) is 0 Å². The lowest BCUT2D eigenvalue weighted by Gasteiger charge is -2.39. The molecule has 36 heavy (non-hydrogen) atoms. The van der Waals surface area contributed by atoms with E-state index in [1.165, 1.54) is 58.8 Å². The first-order chi connectivity index (χ1) is 17.7. The Morgan fingerprint density at radius 3 is 2.69 bits per heavy atom. The van der Waals surface area contributed by atoms with Crippen LogP contribution in [-0.2, 0) is 24.7 Å². The van der Waals surface area contributed by atoms with E-state index in [0.29, 0.717) is 30.7 Å². The van der Waals surface area contributed by atoms with Crippen LogP contribution in [0.15, 0.2) is 36.4 Å². The average molecular weight is 482 g/mol. The summed E-state index contributed by atoms with van der Waals surface area (Å²) in [5, 5.41) is 10.2. The maximum Gasteiger partial charge on any atom is 0.318 e. The molecule has 6 heteroatoms. The summed E-state index contributed by atoms with van der Waals surface area (Å²) in [6, 6.07) is 15.9. The van der Waals surface area contributed by atoms with Gasteiger partial charge in [-0.1, -0.05) is 36.4 Å². The molecule has 6 nitrogen and oxygen atoms in total. The van der Waals surface area contributed by atoms with Gasteiger partial charge in [0.1, 0.15) is 12.4 Å². The van der Waals surface area contributed by atoms with Crippen LogP contribution in [0.5, 0.6) is 6.01 Å². The minimum absolute atomic E-state index is 0.134. The number of hydrogen-bond donors (Lipinski definition) is 2. The number of hydrogen-bond acceptors (Lipinski definition) is 6. The van der Waals surface area contributed by atoms with E-state index in [1.807, 2.05) is 0 Å². The highest BCUT2D eigenvalue weighted by Crippen LogP contribution is 2.50. The number of fused-ring (bicyclic) bond motifs is 4. The zero-order valence-corrected chi connectivity index (χ0v) is 20.9. The molecular formula is C30H35N5O. The van der Waals surface area contributed by atoms with E-state index in [0.717, 1.165) is 51.1 Å². The molecule has 1 unspecified atom stereocenters. The average Bonchev–Trinajstić information content (AvgIpc) is 3.62. The summed E-state index contributed by atoms with van der Waals surface area (Å²) in [5.41, 5.74) is 5.75. The third-order valence-corrected chi connectivity index (χ3v) is 9.59. The topological polar surface area (TPSA) is 62.3 Å². The van der Waals surface area contributed by atoms with Gasteiger partial charge < -0.3 is 20.3 Å².